The Kier molecular flexibility index (Phi) is 3.88. The Bertz CT molecular complexity index is 212. The zero-order chi connectivity index (χ0) is 11.6. The van der Waals surface area contributed by atoms with Crippen LogP contribution in [0.3, 0.4) is 0 Å². The van der Waals surface area contributed by atoms with Crippen molar-refractivity contribution in [2.45, 2.75) is 20.8 Å². The predicted octanol–water partition coefficient (Wildman–Crippen LogP) is 1.30. The van der Waals surface area contributed by atoms with E-state index in [1.165, 1.54) is 26.2 Å². The topological polar surface area (TPSA) is 15.7 Å². The molecule has 2 saturated heterocycles. The van der Waals surface area contributed by atoms with Crippen LogP contribution >= 0.6 is 0 Å². The van der Waals surface area contributed by atoms with Gasteiger partial charge in [0.1, 0.15) is 0 Å². The highest BCUT2D eigenvalue weighted by molar-refractivity contribution is 4.88. The fourth-order valence-electron chi connectivity index (χ4n) is 2.41. The van der Waals surface area contributed by atoms with Crippen LogP contribution in [0.25, 0.3) is 0 Å². The van der Waals surface area contributed by atoms with E-state index in [0.717, 1.165) is 32.2 Å². The lowest BCUT2D eigenvalue weighted by Crippen LogP contribution is -2.54. The highest BCUT2D eigenvalue weighted by atomic mass is 16.5. The summed E-state index contributed by atoms with van der Waals surface area (Å²) in [5.74, 6) is 0.900. The first-order valence-electron chi connectivity index (χ1n) is 6.58. The fraction of sp³-hybridized carbons (Fsp3) is 1.00. The van der Waals surface area contributed by atoms with Crippen LogP contribution < -0.4 is 0 Å². The predicted molar refractivity (Wildman–Crippen MR) is 66.6 cm³/mol. The van der Waals surface area contributed by atoms with E-state index in [-0.39, 0.29) is 0 Å². The van der Waals surface area contributed by atoms with Crippen molar-refractivity contribution in [3.05, 3.63) is 0 Å². The summed E-state index contributed by atoms with van der Waals surface area (Å²) in [5.41, 5.74) is 0.496. The van der Waals surface area contributed by atoms with Crippen LogP contribution in [0, 0.1) is 11.3 Å². The molecule has 2 fully saturated rings. The molecule has 0 unspecified atom stereocenters. The number of likely N-dealkylation sites (tertiary alicyclic amines) is 1. The van der Waals surface area contributed by atoms with Gasteiger partial charge in [-0.15, -0.1) is 0 Å². The van der Waals surface area contributed by atoms with Crippen molar-refractivity contribution in [1.82, 2.24) is 9.80 Å². The summed E-state index contributed by atoms with van der Waals surface area (Å²) in [7, 11) is 0. The van der Waals surface area contributed by atoms with Gasteiger partial charge in [0.15, 0.2) is 0 Å². The van der Waals surface area contributed by atoms with Gasteiger partial charge in [-0.05, 0) is 11.3 Å². The van der Waals surface area contributed by atoms with Gasteiger partial charge in [0, 0.05) is 39.3 Å². The average molecular weight is 226 g/mol. The molecule has 0 N–H and O–H groups in total. The maximum absolute atomic E-state index is 5.35. The minimum atomic E-state index is 0.496. The number of morpholine rings is 1. The van der Waals surface area contributed by atoms with Gasteiger partial charge >= 0.3 is 0 Å². The van der Waals surface area contributed by atoms with Crippen molar-refractivity contribution in [2.24, 2.45) is 11.3 Å². The molecule has 2 rings (SSSR count). The van der Waals surface area contributed by atoms with E-state index >= 15 is 0 Å². The van der Waals surface area contributed by atoms with Crippen LogP contribution in [0.2, 0.25) is 0 Å². The Balaban J connectivity index is 1.59. The van der Waals surface area contributed by atoms with Crippen molar-refractivity contribution in [2.75, 3.05) is 52.5 Å². The average Bonchev–Trinajstić information content (AvgIpc) is 2.15. The van der Waals surface area contributed by atoms with Crippen molar-refractivity contribution in [1.29, 1.82) is 0 Å². The van der Waals surface area contributed by atoms with E-state index in [1.54, 1.807) is 0 Å². The van der Waals surface area contributed by atoms with Crippen LogP contribution in [-0.4, -0.2) is 62.3 Å². The third kappa shape index (κ3) is 3.19. The molecular weight excluding hydrogens is 200 g/mol. The second-order valence-electron chi connectivity index (χ2n) is 6.28. The molecule has 3 heteroatoms. The van der Waals surface area contributed by atoms with E-state index < -0.39 is 0 Å². The van der Waals surface area contributed by atoms with Gasteiger partial charge in [-0.2, -0.15) is 0 Å². The standard InChI is InChI=1S/C13H26N2O/c1-13(2,3)12-10-15(11-12)5-4-14-6-8-16-9-7-14/h12H,4-11H2,1-3H3. The van der Waals surface area contributed by atoms with E-state index in [4.69, 9.17) is 4.74 Å². The summed E-state index contributed by atoms with van der Waals surface area (Å²) in [4.78, 5) is 5.11. The largest absolute Gasteiger partial charge is 0.379 e. The van der Waals surface area contributed by atoms with Gasteiger partial charge in [0.05, 0.1) is 13.2 Å². The molecule has 2 aliphatic rings. The van der Waals surface area contributed by atoms with Gasteiger partial charge in [0.25, 0.3) is 0 Å². The summed E-state index contributed by atoms with van der Waals surface area (Å²) in [5, 5.41) is 0. The second-order valence-corrected chi connectivity index (χ2v) is 6.28. The molecule has 94 valence electrons. The smallest absolute Gasteiger partial charge is 0.0594 e. The molecule has 0 spiro atoms. The molecule has 16 heavy (non-hydrogen) atoms. The lowest BCUT2D eigenvalue weighted by atomic mass is 9.76. The Morgan fingerprint density at radius 3 is 2.12 bits per heavy atom. The summed E-state index contributed by atoms with van der Waals surface area (Å²) < 4.78 is 5.35. The minimum absolute atomic E-state index is 0.496. The third-order valence-corrected chi connectivity index (χ3v) is 4.02. The molecule has 0 bridgehead atoms. The van der Waals surface area contributed by atoms with E-state index in [0.29, 0.717) is 5.41 Å². The summed E-state index contributed by atoms with van der Waals surface area (Å²) in [6, 6.07) is 0. The van der Waals surface area contributed by atoms with E-state index in [2.05, 4.69) is 30.6 Å². The molecule has 0 saturated carbocycles. The molecule has 0 aromatic heterocycles. The van der Waals surface area contributed by atoms with Crippen LogP contribution in [-0.2, 0) is 4.74 Å². The van der Waals surface area contributed by atoms with Crippen LogP contribution in [0.4, 0.5) is 0 Å². The first-order chi connectivity index (χ1) is 7.55. The van der Waals surface area contributed by atoms with Crippen molar-refractivity contribution in [3.8, 4) is 0 Å². The Labute approximate surface area is 99.7 Å². The first kappa shape index (κ1) is 12.3. The maximum atomic E-state index is 5.35. The molecule has 0 aromatic rings. The summed E-state index contributed by atoms with van der Waals surface area (Å²) in [6.07, 6.45) is 0. The Morgan fingerprint density at radius 2 is 1.56 bits per heavy atom. The molecule has 0 atom stereocenters. The Hall–Kier alpha value is -0.120. The number of rotatable bonds is 3. The van der Waals surface area contributed by atoms with Gasteiger partial charge in [-0.1, -0.05) is 20.8 Å². The molecular formula is C13H26N2O. The number of hydrogen-bond acceptors (Lipinski definition) is 3. The molecule has 0 aliphatic carbocycles. The highest BCUT2D eigenvalue weighted by Crippen LogP contribution is 2.33. The normalized spacial score (nSPS) is 25.7. The fourth-order valence-corrected chi connectivity index (χ4v) is 2.41. The lowest BCUT2D eigenvalue weighted by Gasteiger charge is -2.47. The van der Waals surface area contributed by atoms with Crippen molar-refractivity contribution in [3.63, 3.8) is 0 Å². The number of hydrogen-bond donors (Lipinski definition) is 0. The molecule has 2 heterocycles. The summed E-state index contributed by atoms with van der Waals surface area (Å²) >= 11 is 0. The molecule has 2 aliphatic heterocycles. The van der Waals surface area contributed by atoms with Gasteiger partial charge in [-0.3, -0.25) is 4.90 Å². The molecule has 0 radical (unpaired) electrons. The van der Waals surface area contributed by atoms with Crippen molar-refractivity contribution < 1.29 is 4.74 Å². The molecule has 3 nitrogen and oxygen atoms in total. The van der Waals surface area contributed by atoms with Gasteiger partial charge in [0.2, 0.25) is 0 Å². The second kappa shape index (κ2) is 5.03. The monoisotopic (exact) mass is 226 g/mol. The van der Waals surface area contributed by atoms with Gasteiger partial charge < -0.3 is 9.64 Å². The van der Waals surface area contributed by atoms with Crippen LogP contribution in [0.1, 0.15) is 20.8 Å². The lowest BCUT2D eigenvalue weighted by molar-refractivity contribution is 0.000575. The number of ether oxygens (including phenoxy) is 1. The van der Waals surface area contributed by atoms with E-state index in [1.807, 2.05) is 0 Å². The maximum Gasteiger partial charge on any atom is 0.0594 e. The SMILES string of the molecule is CC(C)(C)C1CN(CCN2CCOCC2)C1. The molecule has 0 aromatic carbocycles. The summed E-state index contributed by atoms with van der Waals surface area (Å²) in [6.45, 7) is 16.2. The first-order valence-corrected chi connectivity index (χ1v) is 6.58. The van der Waals surface area contributed by atoms with E-state index in [9.17, 15) is 0 Å². The quantitative estimate of drug-likeness (QED) is 0.721. The Morgan fingerprint density at radius 1 is 1.00 bits per heavy atom. The van der Waals surface area contributed by atoms with Crippen LogP contribution in [0.15, 0.2) is 0 Å². The zero-order valence-electron chi connectivity index (χ0n) is 11.0. The number of nitrogens with zero attached hydrogens (tertiary/aromatic N) is 2. The van der Waals surface area contributed by atoms with Crippen molar-refractivity contribution >= 4 is 0 Å². The minimum Gasteiger partial charge on any atom is -0.379 e. The zero-order valence-corrected chi connectivity index (χ0v) is 11.0. The van der Waals surface area contributed by atoms with Crippen LogP contribution in [0.5, 0.6) is 0 Å². The third-order valence-electron chi connectivity index (χ3n) is 4.02. The van der Waals surface area contributed by atoms with Gasteiger partial charge in [-0.25, -0.2) is 0 Å². The molecule has 0 amide bonds. The highest BCUT2D eigenvalue weighted by Gasteiger charge is 2.35.